The van der Waals surface area contributed by atoms with Gasteiger partial charge in [0, 0.05) is 32.9 Å². The third kappa shape index (κ3) is 3.75. The molecule has 0 unspecified atom stereocenters. The Balaban J connectivity index is 1.40. The molecule has 0 aliphatic carbocycles. The Morgan fingerprint density at radius 1 is 0.273 bits per heavy atom. The SMILES string of the molecule is c1ccc(-c2cc3c4ccccc4n(-c4ccccc4)c3cc2-c2ccc3c4ccccc4n(-c4ccccc4)c3c2)cc1. The Labute approximate surface area is 255 Å². The molecule has 206 valence electrons. The van der Waals surface area contributed by atoms with Gasteiger partial charge < -0.3 is 9.13 Å². The van der Waals surface area contributed by atoms with Crippen LogP contribution in [0.1, 0.15) is 0 Å². The lowest BCUT2D eigenvalue weighted by molar-refractivity contribution is 1.18. The van der Waals surface area contributed by atoms with Crippen LogP contribution in [0.4, 0.5) is 0 Å². The first-order chi connectivity index (χ1) is 21.8. The highest BCUT2D eigenvalue weighted by molar-refractivity contribution is 6.14. The van der Waals surface area contributed by atoms with E-state index >= 15 is 0 Å². The van der Waals surface area contributed by atoms with Crippen LogP contribution in [0.5, 0.6) is 0 Å². The average molecular weight is 561 g/mol. The van der Waals surface area contributed by atoms with E-state index < -0.39 is 0 Å². The van der Waals surface area contributed by atoms with E-state index in [1.807, 2.05) is 0 Å². The quantitative estimate of drug-likeness (QED) is 0.203. The highest BCUT2D eigenvalue weighted by Crippen LogP contribution is 2.42. The molecule has 9 aromatic rings. The van der Waals surface area contributed by atoms with E-state index in [4.69, 9.17) is 0 Å². The number of para-hydroxylation sites is 4. The highest BCUT2D eigenvalue weighted by atomic mass is 15.0. The minimum absolute atomic E-state index is 1.16. The molecular formula is C42H28N2. The molecule has 0 aliphatic rings. The Kier molecular flexibility index (Phi) is 5.54. The van der Waals surface area contributed by atoms with Crippen molar-refractivity contribution >= 4 is 43.6 Å². The van der Waals surface area contributed by atoms with Gasteiger partial charge in [-0.2, -0.15) is 0 Å². The van der Waals surface area contributed by atoms with E-state index in [1.54, 1.807) is 0 Å². The lowest BCUT2D eigenvalue weighted by atomic mass is 9.92. The van der Waals surface area contributed by atoms with E-state index in [9.17, 15) is 0 Å². The van der Waals surface area contributed by atoms with E-state index in [0.29, 0.717) is 0 Å². The molecule has 9 rings (SSSR count). The number of nitrogens with zero attached hydrogens (tertiary/aromatic N) is 2. The number of aromatic nitrogens is 2. The molecule has 2 aromatic heterocycles. The van der Waals surface area contributed by atoms with Gasteiger partial charge in [-0.05, 0) is 76.9 Å². The normalized spacial score (nSPS) is 11.6. The smallest absolute Gasteiger partial charge is 0.0547 e. The first-order valence-electron chi connectivity index (χ1n) is 15.1. The maximum absolute atomic E-state index is 2.41. The van der Waals surface area contributed by atoms with Crippen LogP contribution in [0.2, 0.25) is 0 Å². The average Bonchev–Trinajstić information content (AvgIpc) is 3.61. The summed E-state index contributed by atoms with van der Waals surface area (Å²) in [6.45, 7) is 0. The van der Waals surface area contributed by atoms with Crippen LogP contribution in [0, 0.1) is 0 Å². The summed E-state index contributed by atoms with van der Waals surface area (Å²) in [6, 6.07) is 61.5. The fourth-order valence-corrected chi connectivity index (χ4v) is 6.96. The molecule has 0 amide bonds. The maximum atomic E-state index is 2.41. The van der Waals surface area contributed by atoms with Crippen LogP contribution in [-0.4, -0.2) is 9.13 Å². The van der Waals surface area contributed by atoms with Crippen molar-refractivity contribution in [1.82, 2.24) is 9.13 Å². The summed E-state index contributed by atoms with van der Waals surface area (Å²) in [5.41, 5.74) is 12.0. The molecule has 0 spiro atoms. The van der Waals surface area contributed by atoms with Gasteiger partial charge in [0.2, 0.25) is 0 Å². The first kappa shape index (κ1) is 24.7. The lowest BCUT2D eigenvalue weighted by Gasteiger charge is -2.14. The molecule has 0 aliphatic heterocycles. The van der Waals surface area contributed by atoms with Gasteiger partial charge in [0.05, 0.1) is 22.1 Å². The van der Waals surface area contributed by atoms with Crippen molar-refractivity contribution in [3.63, 3.8) is 0 Å². The van der Waals surface area contributed by atoms with Crippen molar-refractivity contribution in [3.8, 4) is 33.6 Å². The van der Waals surface area contributed by atoms with Crippen LogP contribution in [-0.2, 0) is 0 Å². The third-order valence-corrected chi connectivity index (χ3v) is 8.91. The van der Waals surface area contributed by atoms with Gasteiger partial charge in [-0.25, -0.2) is 0 Å². The van der Waals surface area contributed by atoms with Crippen molar-refractivity contribution in [2.45, 2.75) is 0 Å². The van der Waals surface area contributed by atoms with Gasteiger partial charge in [0.15, 0.2) is 0 Å². The second-order valence-corrected chi connectivity index (χ2v) is 11.4. The topological polar surface area (TPSA) is 9.86 Å². The molecule has 0 bridgehead atoms. The second-order valence-electron chi connectivity index (χ2n) is 11.4. The summed E-state index contributed by atoms with van der Waals surface area (Å²) in [7, 11) is 0. The van der Waals surface area contributed by atoms with E-state index in [1.165, 1.54) is 71.6 Å². The zero-order valence-corrected chi connectivity index (χ0v) is 24.1. The van der Waals surface area contributed by atoms with E-state index in [2.05, 4.69) is 179 Å². The van der Waals surface area contributed by atoms with Gasteiger partial charge in [-0.1, -0.05) is 115 Å². The summed E-state index contributed by atoms with van der Waals surface area (Å²) in [5.74, 6) is 0. The van der Waals surface area contributed by atoms with Crippen molar-refractivity contribution in [2.24, 2.45) is 0 Å². The molecule has 2 heteroatoms. The molecule has 2 nitrogen and oxygen atoms in total. The summed E-state index contributed by atoms with van der Waals surface area (Å²) in [5, 5.41) is 5.04. The molecule has 7 aromatic carbocycles. The van der Waals surface area contributed by atoms with Crippen LogP contribution >= 0.6 is 0 Å². The second kappa shape index (κ2) is 9.86. The molecular weight excluding hydrogens is 532 g/mol. The lowest BCUT2D eigenvalue weighted by Crippen LogP contribution is -1.95. The van der Waals surface area contributed by atoms with Crippen molar-refractivity contribution < 1.29 is 0 Å². The number of hydrogen-bond acceptors (Lipinski definition) is 0. The van der Waals surface area contributed by atoms with Gasteiger partial charge >= 0.3 is 0 Å². The molecule has 44 heavy (non-hydrogen) atoms. The van der Waals surface area contributed by atoms with Crippen molar-refractivity contribution in [2.75, 3.05) is 0 Å². The molecule has 0 atom stereocenters. The third-order valence-electron chi connectivity index (χ3n) is 8.91. The molecule has 0 saturated heterocycles. The number of fused-ring (bicyclic) bond motifs is 6. The summed E-state index contributed by atoms with van der Waals surface area (Å²) in [6.07, 6.45) is 0. The standard InChI is InChI=1S/C42H28N2/c1-4-14-29(15-5-1)36-27-38-34-21-11-13-23-40(34)44(32-18-8-3-9-19-32)42(38)28-37(36)30-24-25-35-33-20-10-12-22-39(33)43(41(35)26-30)31-16-6-2-7-17-31/h1-28H. The maximum Gasteiger partial charge on any atom is 0.0547 e. The highest BCUT2D eigenvalue weighted by Gasteiger charge is 2.19. The van der Waals surface area contributed by atoms with E-state index in [-0.39, 0.29) is 0 Å². The summed E-state index contributed by atoms with van der Waals surface area (Å²) in [4.78, 5) is 0. The molecule has 0 fully saturated rings. The summed E-state index contributed by atoms with van der Waals surface area (Å²) >= 11 is 0. The van der Waals surface area contributed by atoms with Crippen LogP contribution in [0.25, 0.3) is 77.2 Å². The zero-order chi connectivity index (χ0) is 29.0. The molecule has 0 N–H and O–H groups in total. The number of benzene rings is 7. The Hall–Kier alpha value is -5.86. The largest absolute Gasteiger partial charge is 0.309 e. The molecule has 0 radical (unpaired) electrons. The predicted octanol–water partition coefficient (Wildman–Crippen LogP) is 11.2. The van der Waals surface area contributed by atoms with Gasteiger partial charge in [-0.15, -0.1) is 0 Å². The fraction of sp³-hybridized carbons (Fsp3) is 0. The fourth-order valence-electron chi connectivity index (χ4n) is 6.96. The first-order valence-corrected chi connectivity index (χ1v) is 15.1. The minimum atomic E-state index is 1.16. The Bertz CT molecular complexity index is 2470. The summed E-state index contributed by atoms with van der Waals surface area (Å²) < 4.78 is 4.80. The van der Waals surface area contributed by atoms with Gasteiger partial charge in [0.1, 0.15) is 0 Å². The van der Waals surface area contributed by atoms with Crippen LogP contribution in [0.3, 0.4) is 0 Å². The zero-order valence-electron chi connectivity index (χ0n) is 24.1. The van der Waals surface area contributed by atoms with Crippen LogP contribution < -0.4 is 0 Å². The van der Waals surface area contributed by atoms with Crippen molar-refractivity contribution in [3.05, 3.63) is 170 Å². The minimum Gasteiger partial charge on any atom is -0.309 e. The molecule has 2 heterocycles. The Morgan fingerprint density at radius 3 is 1.34 bits per heavy atom. The van der Waals surface area contributed by atoms with Crippen LogP contribution in [0.15, 0.2) is 170 Å². The predicted molar refractivity (Wildman–Crippen MR) is 186 cm³/mol. The monoisotopic (exact) mass is 560 g/mol. The number of rotatable bonds is 4. The van der Waals surface area contributed by atoms with E-state index in [0.717, 1.165) is 5.69 Å². The Morgan fingerprint density at radius 2 is 0.727 bits per heavy atom. The van der Waals surface area contributed by atoms with Crippen molar-refractivity contribution in [1.29, 1.82) is 0 Å². The molecule has 0 saturated carbocycles. The van der Waals surface area contributed by atoms with Gasteiger partial charge in [0.25, 0.3) is 0 Å². The van der Waals surface area contributed by atoms with Gasteiger partial charge in [-0.3, -0.25) is 0 Å². The number of hydrogen-bond donors (Lipinski definition) is 0.